The van der Waals surface area contributed by atoms with Crippen molar-refractivity contribution >= 4 is 33.2 Å². The minimum absolute atomic E-state index is 0.228. The molecule has 0 bridgehead atoms. The minimum atomic E-state index is -0.342. The van der Waals surface area contributed by atoms with E-state index in [-0.39, 0.29) is 11.6 Å². The number of carbonyl (C=O) groups is 1. The fraction of sp³-hybridized carbons (Fsp3) is 0.182. The Bertz CT molecular complexity index is 1220. The summed E-state index contributed by atoms with van der Waals surface area (Å²) in [6.07, 6.45) is 0.738. The molecule has 2 aromatic carbocycles. The number of hydrogen-bond acceptors (Lipinski definition) is 5. The lowest BCUT2D eigenvalue weighted by Gasteiger charge is -2.08. The van der Waals surface area contributed by atoms with E-state index in [4.69, 9.17) is 9.84 Å². The van der Waals surface area contributed by atoms with E-state index in [1.807, 2.05) is 38.1 Å². The largest absolute Gasteiger partial charge is 0.497 e. The molecule has 152 valence electrons. The van der Waals surface area contributed by atoms with E-state index in [2.05, 4.69) is 31.4 Å². The summed E-state index contributed by atoms with van der Waals surface area (Å²) in [5, 5.41) is 16.1. The zero-order valence-corrected chi connectivity index (χ0v) is 18.4. The Labute approximate surface area is 182 Å². The van der Waals surface area contributed by atoms with Crippen LogP contribution < -0.4 is 10.1 Å². The fourth-order valence-corrected chi connectivity index (χ4v) is 3.55. The highest BCUT2D eigenvalue weighted by molar-refractivity contribution is 9.10. The fourth-order valence-electron chi connectivity index (χ4n) is 3.28. The third-order valence-corrected chi connectivity index (χ3v) is 5.40. The molecule has 0 saturated heterocycles. The number of amides is 1. The maximum Gasteiger partial charge on any atom is 0.278 e. The monoisotopic (exact) mass is 465 g/mol. The highest BCUT2D eigenvalue weighted by Crippen LogP contribution is 2.29. The Morgan fingerprint density at radius 1 is 1.10 bits per heavy atom. The van der Waals surface area contributed by atoms with Crippen molar-refractivity contribution in [3.8, 4) is 16.9 Å². The normalized spacial score (nSPS) is 10.9. The Kier molecular flexibility index (Phi) is 5.50. The molecule has 0 spiro atoms. The SMILES string of the molecule is CCc1nn2c(C)c(C(=O)Nc3ccc(OC)cc3)nnc2c1-c1ccc(Br)cc1. The lowest BCUT2D eigenvalue weighted by Crippen LogP contribution is -2.18. The molecule has 0 aliphatic carbocycles. The van der Waals surface area contributed by atoms with Gasteiger partial charge in [-0.2, -0.15) is 5.10 Å². The molecule has 0 saturated carbocycles. The van der Waals surface area contributed by atoms with Gasteiger partial charge in [-0.25, -0.2) is 4.52 Å². The third-order valence-electron chi connectivity index (χ3n) is 4.87. The molecule has 0 aliphatic rings. The summed E-state index contributed by atoms with van der Waals surface area (Å²) in [6, 6.07) is 15.1. The first-order chi connectivity index (χ1) is 14.5. The summed E-state index contributed by atoms with van der Waals surface area (Å²) in [6.45, 7) is 3.87. The van der Waals surface area contributed by atoms with E-state index in [1.54, 1.807) is 35.9 Å². The van der Waals surface area contributed by atoms with Gasteiger partial charge in [-0.1, -0.05) is 35.0 Å². The number of carbonyl (C=O) groups excluding carboxylic acids is 1. The van der Waals surface area contributed by atoms with Crippen LogP contribution in [0, 0.1) is 6.92 Å². The number of anilines is 1. The summed E-state index contributed by atoms with van der Waals surface area (Å²) < 4.78 is 7.84. The van der Waals surface area contributed by atoms with Crippen LogP contribution in [-0.2, 0) is 6.42 Å². The molecule has 0 fully saturated rings. The zero-order valence-electron chi connectivity index (χ0n) is 16.8. The van der Waals surface area contributed by atoms with Gasteiger partial charge in [0.2, 0.25) is 0 Å². The maximum absolute atomic E-state index is 12.8. The number of nitrogens with one attached hydrogen (secondary N) is 1. The van der Waals surface area contributed by atoms with E-state index in [1.165, 1.54) is 0 Å². The number of halogens is 1. The van der Waals surface area contributed by atoms with E-state index < -0.39 is 0 Å². The first kappa shape index (κ1) is 20.0. The molecular weight excluding hydrogens is 446 g/mol. The second kappa shape index (κ2) is 8.23. The molecule has 30 heavy (non-hydrogen) atoms. The average Bonchev–Trinajstić information content (AvgIpc) is 3.14. The molecule has 0 aliphatic heterocycles. The van der Waals surface area contributed by atoms with Gasteiger partial charge in [0.05, 0.1) is 24.1 Å². The van der Waals surface area contributed by atoms with Crippen LogP contribution in [0.1, 0.15) is 28.8 Å². The third kappa shape index (κ3) is 3.66. The summed E-state index contributed by atoms with van der Waals surface area (Å²) in [5.41, 5.74) is 4.98. The predicted octanol–water partition coefficient (Wildman–Crippen LogP) is 4.69. The molecule has 2 aromatic heterocycles. The number of fused-ring (bicyclic) bond motifs is 1. The summed E-state index contributed by atoms with van der Waals surface area (Å²) in [5.74, 6) is 0.375. The molecular formula is C22H20BrN5O2. The van der Waals surface area contributed by atoms with Crippen molar-refractivity contribution in [1.82, 2.24) is 19.8 Å². The van der Waals surface area contributed by atoms with Crippen molar-refractivity contribution in [2.24, 2.45) is 0 Å². The molecule has 4 aromatic rings. The molecule has 2 heterocycles. The number of rotatable bonds is 5. The first-order valence-corrected chi connectivity index (χ1v) is 10.3. The molecule has 0 atom stereocenters. The molecule has 8 heteroatoms. The number of ether oxygens (including phenoxy) is 1. The molecule has 0 unspecified atom stereocenters. The number of benzene rings is 2. The van der Waals surface area contributed by atoms with Crippen LogP contribution in [0.25, 0.3) is 16.8 Å². The van der Waals surface area contributed by atoms with Crippen LogP contribution in [0.5, 0.6) is 5.75 Å². The quantitative estimate of drug-likeness (QED) is 0.462. The van der Waals surface area contributed by atoms with E-state index in [9.17, 15) is 4.79 Å². The van der Waals surface area contributed by atoms with Gasteiger partial charge in [-0.3, -0.25) is 4.79 Å². The number of aromatic nitrogens is 4. The van der Waals surface area contributed by atoms with E-state index >= 15 is 0 Å². The Morgan fingerprint density at radius 3 is 2.43 bits per heavy atom. The van der Waals surface area contributed by atoms with Gasteiger partial charge < -0.3 is 10.1 Å². The topological polar surface area (TPSA) is 81.4 Å². The van der Waals surface area contributed by atoms with Crippen LogP contribution >= 0.6 is 15.9 Å². The summed E-state index contributed by atoms with van der Waals surface area (Å²) >= 11 is 3.47. The molecule has 7 nitrogen and oxygen atoms in total. The van der Waals surface area contributed by atoms with E-state index in [0.29, 0.717) is 17.0 Å². The van der Waals surface area contributed by atoms with Crippen LogP contribution in [0.15, 0.2) is 53.0 Å². The number of aryl methyl sites for hydroxylation is 2. The summed E-state index contributed by atoms with van der Waals surface area (Å²) in [4.78, 5) is 12.8. The van der Waals surface area contributed by atoms with Gasteiger partial charge in [-0.05, 0) is 55.3 Å². The zero-order chi connectivity index (χ0) is 21.3. The number of hydrogen-bond donors (Lipinski definition) is 1. The van der Waals surface area contributed by atoms with Crippen LogP contribution in [0.3, 0.4) is 0 Å². The lowest BCUT2D eigenvalue weighted by molar-refractivity contribution is 0.102. The number of methoxy groups -OCH3 is 1. The second-order valence-corrected chi connectivity index (χ2v) is 7.65. The van der Waals surface area contributed by atoms with Crippen LogP contribution in [-0.4, -0.2) is 32.8 Å². The molecule has 1 amide bonds. The van der Waals surface area contributed by atoms with Crippen molar-refractivity contribution in [3.63, 3.8) is 0 Å². The first-order valence-electron chi connectivity index (χ1n) is 9.48. The van der Waals surface area contributed by atoms with Gasteiger partial charge in [0.1, 0.15) is 5.75 Å². The standard InChI is InChI=1S/C22H20BrN5O2/c1-4-18-19(14-5-7-15(23)8-6-14)21-26-25-20(13(2)28(21)27-18)22(29)24-16-9-11-17(30-3)12-10-16/h5-12H,4H2,1-3H3,(H,24,29). The van der Waals surface area contributed by atoms with Gasteiger partial charge in [0, 0.05) is 10.2 Å². The van der Waals surface area contributed by atoms with Gasteiger partial charge >= 0.3 is 0 Å². The van der Waals surface area contributed by atoms with E-state index in [0.717, 1.165) is 33.5 Å². The van der Waals surface area contributed by atoms with Gasteiger partial charge in [0.15, 0.2) is 11.3 Å². The predicted molar refractivity (Wildman–Crippen MR) is 119 cm³/mol. The van der Waals surface area contributed by atoms with Crippen LogP contribution in [0.4, 0.5) is 5.69 Å². The lowest BCUT2D eigenvalue weighted by atomic mass is 10.0. The van der Waals surface area contributed by atoms with Crippen molar-refractivity contribution in [2.45, 2.75) is 20.3 Å². The van der Waals surface area contributed by atoms with Gasteiger partial charge in [0.25, 0.3) is 5.91 Å². The maximum atomic E-state index is 12.8. The van der Waals surface area contributed by atoms with Gasteiger partial charge in [-0.15, -0.1) is 10.2 Å². The van der Waals surface area contributed by atoms with Crippen LogP contribution in [0.2, 0.25) is 0 Å². The molecule has 0 radical (unpaired) electrons. The minimum Gasteiger partial charge on any atom is -0.497 e. The smallest absolute Gasteiger partial charge is 0.278 e. The van der Waals surface area contributed by atoms with Crippen molar-refractivity contribution in [1.29, 1.82) is 0 Å². The van der Waals surface area contributed by atoms with Crippen molar-refractivity contribution in [3.05, 3.63) is 70.1 Å². The highest BCUT2D eigenvalue weighted by Gasteiger charge is 2.21. The number of nitrogens with zero attached hydrogens (tertiary/aromatic N) is 4. The Balaban J connectivity index is 1.73. The van der Waals surface area contributed by atoms with Crippen molar-refractivity contribution < 1.29 is 9.53 Å². The highest BCUT2D eigenvalue weighted by atomic mass is 79.9. The second-order valence-electron chi connectivity index (χ2n) is 6.73. The summed E-state index contributed by atoms with van der Waals surface area (Å²) in [7, 11) is 1.60. The molecule has 4 rings (SSSR count). The molecule has 1 N–H and O–H groups in total. The van der Waals surface area contributed by atoms with Crippen molar-refractivity contribution in [2.75, 3.05) is 12.4 Å². The average molecular weight is 466 g/mol. The Hall–Kier alpha value is -3.26. The Morgan fingerprint density at radius 2 is 1.80 bits per heavy atom.